The minimum absolute atomic E-state index is 0.0300. The second-order valence-electron chi connectivity index (χ2n) is 2.72. The van der Waals surface area contributed by atoms with Crippen LogP contribution in [-0.4, -0.2) is 37.4 Å². The van der Waals surface area contributed by atoms with E-state index in [2.05, 4.69) is 10.1 Å². The van der Waals surface area contributed by atoms with Crippen molar-refractivity contribution >= 4 is 5.97 Å². The Bertz CT molecular complexity index is 143. The Morgan fingerprint density at radius 3 is 3.00 bits per heavy atom. The zero-order valence-corrected chi connectivity index (χ0v) is 6.54. The predicted molar refractivity (Wildman–Crippen MR) is 39.0 cm³/mol. The summed E-state index contributed by atoms with van der Waals surface area (Å²) in [5.74, 6) is -0.499. The predicted octanol–water partition coefficient (Wildman–Crippen LogP) is -0.870. The third kappa shape index (κ3) is 1.91. The molecule has 4 nitrogen and oxygen atoms in total. The Morgan fingerprint density at radius 1 is 1.82 bits per heavy atom. The monoisotopic (exact) mass is 159 g/mol. The molecule has 0 aromatic carbocycles. The molecule has 0 spiro atoms. The molecule has 0 bridgehead atoms. The Kier molecular flexibility index (Phi) is 2.84. The summed E-state index contributed by atoms with van der Waals surface area (Å²) in [6.45, 7) is 1.58. The first-order valence-corrected chi connectivity index (χ1v) is 3.72. The van der Waals surface area contributed by atoms with Gasteiger partial charge in [0.15, 0.2) is 6.10 Å². The summed E-state index contributed by atoms with van der Waals surface area (Å²) in [6, 6.07) is 0. The first kappa shape index (κ1) is 8.49. The fourth-order valence-corrected chi connectivity index (χ4v) is 1.26. The van der Waals surface area contributed by atoms with Crippen LogP contribution in [-0.2, 0) is 9.53 Å². The molecule has 0 amide bonds. The van der Waals surface area contributed by atoms with E-state index in [9.17, 15) is 9.90 Å². The molecule has 64 valence electrons. The fourth-order valence-electron chi connectivity index (χ4n) is 1.26. The van der Waals surface area contributed by atoms with Crippen molar-refractivity contribution in [2.75, 3.05) is 20.2 Å². The van der Waals surface area contributed by atoms with Gasteiger partial charge in [0.05, 0.1) is 7.11 Å². The molecule has 1 heterocycles. The molecule has 1 fully saturated rings. The van der Waals surface area contributed by atoms with E-state index >= 15 is 0 Å². The van der Waals surface area contributed by atoms with Gasteiger partial charge in [0.1, 0.15) is 0 Å². The number of carbonyl (C=O) groups excluding carboxylic acids is 1. The molecule has 0 aliphatic carbocycles. The third-order valence-corrected chi connectivity index (χ3v) is 1.99. The average Bonchev–Trinajstić information content (AvgIpc) is 2.53. The lowest BCUT2D eigenvalue weighted by Crippen LogP contribution is -2.31. The van der Waals surface area contributed by atoms with Gasteiger partial charge in [-0.3, -0.25) is 0 Å². The summed E-state index contributed by atoms with van der Waals surface area (Å²) in [5.41, 5.74) is 0. The second-order valence-corrected chi connectivity index (χ2v) is 2.72. The second kappa shape index (κ2) is 3.69. The van der Waals surface area contributed by atoms with Crippen LogP contribution in [0, 0.1) is 5.92 Å². The van der Waals surface area contributed by atoms with Gasteiger partial charge in [0.25, 0.3) is 0 Å². The number of methoxy groups -OCH3 is 1. The van der Waals surface area contributed by atoms with Crippen LogP contribution in [0.4, 0.5) is 0 Å². The van der Waals surface area contributed by atoms with Crippen LogP contribution in [0.25, 0.3) is 0 Å². The highest BCUT2D eigenvalue weighted by atomic mass is 16.5. The number of hydrogen-bond donors (Lipinski definition) is 2. The molecule has 1 aliphatic heterocycles. The number of hydrogen-bond acceptors (Lipinski definition) is 4. The van der Waals surface area contributed by atoms with Crippen molar-refractivity contribution in [1.82, 2.24) is 5.32 Å². The fraction of sp³-hybridized carbons (Fsp3) is 0.857. The van der Waals surface area contributed by atoms with Crippen molar-refractivity contribution in [3.8, 4) is 0 Å². The van der Waals surface area contributed by atoms with Crippen molar-refractivity contribution < 1.29 is 14.6 Å². The highest BCUT2D eigenvalue weighted by Crippen LogP contribution is 2.13. The maximum atomic E-state index is 10.8. The van der Waals surface area contributed by atoms with Crippen LogP contribution in [0.5, 0.6) is 0 Å². The van der Waals surface area contributed by atoms with Crippen molar-refractivity contribution in [2.45, 2.75) is 12.5 Å². The van der Waals surface area contributed by atoms with Crippen molar-refractivity contribution in [1.29, 1.82) is 0 Å². The van der Waals surface area contributed by atoms with Gasteiger partial charge in [-0.25, -0.2) is 4.79 Å². The van der Waals surface area contributed by atoms with Gasteiger partial charge < -0.3 is 15.2 Å². The maximum absolute atomic E-state index is 10.8. The standard InChI is InChI=1S/C7H13NO3/c1-11-7(10)6(9)5-2-3-8-4-5/h5-6,8-9H,2-4H2,1H3. The van der Waals surface area contributed by atoms with E-state index in [4.69, 9.17) is 0 Å². The van der Waals surface area contributed by atoms with Crippen LogP contribution >= 0.6 is 0 Å². The van der Waals surface area contributed by atoms with E-state index in [0.717, 1.165) is 13.0 Å². The Hall–Kier alpha value is -0.610. The minimum Gasteiger partial charge on any atom is -0.467 e. The van der Waals surface area contributed by atoms with Crippen LogP contribution in [0.15, 0.2) is 0 Å². The molecule has 0 aromatic rings. The first-order valence-electron chi connectivity index (χ1n) is 3.72. The summed E-state index contributed by atoms with van der Waals surface area (Å²) in [5, 5.41) is 12.4. The normalized spacial score (nSPS) is 26.5. The topological polar surface area (TPSA) is 58.6 Å². The molecular formula is C7H13NO3. The van der Waals surface area contributed by atoms with Gasteiger partial charge in [-0.05, 0) is 13.0 Å². The SMILES string of the molecule is COC(=O)C(O)C1CCNC1. The lowest BCUT2D eigenvalue weighted by atomic mass is 10.0. The molecule has 1 rings (SSSR count). The van der Waals surface area contributed by atoms with Gasteiger partial charge in [-0.1, -0.05) is 0 Å². The number of rotatable bonds is 2. The molecule has 1 aliphatic rings. The van der Waals surface area contributed by atoms with Crippen LogP contribution in [0.2, 0.25) is 0 Å². The molecule has 4 heteroatoms. The van der Waals surface area contributed by atoms with E-state index in [0.29, 0.717) is 6.54 Å². The van der Waals surface area contributed by atoms with Gasteiger partial charge in [0.2, 0.25) is 0 Å². The van der Waals surface area contributed by atoms with E-state index < -0.39 is 12.1 Å². The average molecular weight is 159 g/mol. The Morgan fingerprint density at radius 2 is 2.55 bits per heavy atom. The smallest absolute Gasteiger partial charge is 0.335 e. The molecule has 2 atom stereocenters. The number of carbonyl (C=O) groups is 1. The maximum Gasteiger partial charge on any atom is 0.335 e. The lowest BCUT2D eigenvalue weighted by molar-refractivity contribution is -0.153. The molecular weight excluding hydrogens is 146 g/mol. The summed E-state index contributed by atoms with van der Waals surface area (Å²) in [7, 11) is 1.29. The Labute approximate surface area is 65.5 Å². The summed E-state index contributed by atoms with van der Waals surface area (Å²) >= 11 is 0. The lowest BCUT2D eigenvalue weighted by Gasteiger charge is -2.13. The molecule has 0 saturated carbocycles. The van der Waals surface area contributed by atoms with Crippen molar-refractivity contribution in [3.05, 3.63) is 0 Å². The van der Waals surface area contributed by atoms with Crippen LogP contribution in [0.3, 0.4) is 0 Å². The summed E-state index contributed by atoms with van der Waals surface area (Å²) in [4.78, 5) is 10.8. The first-order chi connectivity index (χ1) is 5.25. The molecule has 1 saturated heterocycles. The minimum atomic E-state index is -0.949. The number of aliphatic hydroxyl groups excluding tert-OH is 1. The molecule has 11 heavy (non-hydrogen) atoms. The molecule has 2 N–H and O–H groups in total. The molecule has 0 radical (unpaired) electrons. The van der Waals surface area contributed by atoms with E-state index in [1.165, 1.54) is 7.11 Å². The van der Waals surface area contributed by atoms with E-state index in [1.54, 1.807) is 0 Å². The highest BCUT2D eigenvalue weighted by Gasteiger charge is 2.28. The summed E-state index contributed by atoms with van der Waals surface area (Å²) in [6.07, 6.45) is -0.106. The third-order valence-electron chi connectivity index (χ3n) is 1.99. The largest absolute Gasteiger partial charge is 0.467 e. The number of aliphatic hydroxyl groups is 1. The van der Waals surface area contributed by atoms with Gasteiger partial charge in [-0.2, -0.15) is 0 Å². The summed E-state index contributed by atoms with van der Waals surface area (Å²) < 4.78 is 4.41. The van der Waals surface area contributed by atoms with Gasteiger partial charge in [0, 0.05) is 12.5 Å². The van der Waals surface area contributed by atoms with Crippen LogP contribution < -0.4 is 5.32 Å². The highest BCUT2D eigenvalue weighted by molar-refractivity contribution is 5.74. The van der Waals surface area contributed by atoms with Crippen LogP contribution in [0.1, 0.15) is 6.42 Å². The zero-order chi connectivity index (χ0) is 8.27. The van der Waals surface area contributed by atoms with Gasteiger partial charge in [-0.15, -0.1) is 0 Å². The van der Waals surface area contributed by atoms with Crippen molar-refractivity contribution in [2.24, 2.45) is 5.92 Å². The van der Waals surface area contributed by atoms with Gasteiger partial charge >= 0.3 is 5.97 Å². The molecule has 0 aromatic heterocycles. The van der Waals surface area contributed by atoms with E-state index in [-0.39, 0.29) is 5.92 Å². The molecule has 2 unspecified atom stereocenters. The quantitative estimate of drug-likeness (QED) is 0.514. The van der Waals surface area contributed by atoms with E-state index in [1.807, 2.05) is 0 Å². The number of ether oxygens (including phenoxy) is 1. The number of esters is 1. The zero-order valence-electron chi connectivity index (χ0n) is 6.54. The van der Waals surface area contributed by atoms with Crippen molar-refractivity contribution in [3.63, 3.8) is 0 Å². The Balaban J connectivity index is 2.39. The number of nitrogens with one attached hydrogen (secondary N) is 1.